The summed E-state index contributed by atoms with van der Waals surface area (Å²) in [7, 11) is 0. The second-order valence-electron chi connectivity index (χ2n) is 3.85. The van der Waals surface area contributed by atoms with Crippen molar-refractivity contribution in [2.45, 2.75) is 25.9 Å². The third-order valence-corrected chi connectivity index (χ3v) is 2.16. The maximum absolute atomic E-state index is 13.2. The average Bonchev–Trinajstić information content (AvgIpc) is 2.07. The summed E-state index contributed by atoms with van der Waals surface area (Å²) >= 11 is 3.10. The summed E-state index contributed by atoms with van der Waals surface area (Å²) in [6, 6.07) is 1.28. The number of pyridine rings is 1. The van der Waals surface area contributed by atoms with E-state index in [-0.39, 0.29) is 12.5 Å². The lowest BCUT2D eigenvalue weighted by atomic mass is 10.1. The van der Waals surface area contributed by atoms with Crippen molar-refractivity contribution in [3.63, 3.8) is 0 Å². The summed E-state index contributed by atoms with van der Waals surface area (Å²) in [6.45, 7) is 3.57. The van der Waals surface area contributed by atoms with Crippen LogP contribution in [-0.4, -0.2) is 22.3 Å². The molecule has 1 rings (SSSR count). The van der Waals surface area contributed by atoms with Gasteiger partial charge in [0.05, 0.1) is 12.2 Å². The highest BCUT2D eigenvalue weighted by Gasteiger charge is 2.13. The lowest BCUT2D eigenvalue weighted by Crippen LogP contribution is -2.22. The van der Waals surface area contributed by atoms with Crippen molar-refractivity contribution in [1.82, 2.24) is 4.98 Å². The number of rotatable bonds is 4. The molecule has 0 radical (unpaired) electrons. The maximum atomic E-state index is 13.2. The van der Waals surface area contributed by atoms with Crippen LogP contribution >= 0.6 is 15.9 Å². The Hall–Kier alpha value is -0.680. The van der Waals surface area contributed by atoms with Crippen molar-refractivity contribution in [2.24, 2.45) is 0 Å². The van der Waals surface area contributed by atoms with Crippen LogP contribution in [0.15, 0.2) is 16.7 Å². The SMILES string of the molecule is CC(C)(O)CCOc1ncc(Br)cc1F. The van der Waals surface area contributed by atoms with E-state index in [0.717, 1.165) is 0 Å². The molecule has 5 heteroatoms. The Kier molecular flexibility index (Phi) is 4.04. The Morgan fingerprint density at radius 2 is 2.27 bits per heavy atom. The number of nitrogens with zero attached hydrogens (tertiary/aromatic N) is 1. The molecule has 1 heterocycles. The second-order valence-corrected chi connectivity index (χ2v) is 4.77. The summed E-state index contributed by atoms with van der Waals surface area (Å²) in [5, 5.41) is 9.41. The molecule has 0 aromatic carbocycles. The Labute approximate surface area is 96.4 Å². The summed E-state index contributed by atoms with van der Waals surface area (Å²) in [4.78, 5) is 3.77. The molecule has 0 unspecified atom stereocenters. The van der Waals surface area contributed by atoms with E-state index in [4.69, 9.17) is 4.74 Å². The maximum Gasteiger partial charge on any atom is 0.250 e. The van der Waals surface area contributed by atoms with E-state index in [1.54, 1.807) is 13.8 Å². The quantitative estimate of drug-likeness (QED) is 0.920. The molecule has 1 N–H and O–H groups in total. The zero-order valence-corrected chi connectivity index (χ0v) is 10.2. The van der Waals surface area contributed by atoms with Crippen LogP contribution in [-0.2, 0) is 0 Å². The lowest BCUT2D eigenvalue weighted by molar-refractivity contribution is 0.0540. The van der Waals surface area contributed by atoms with Crippen molar-refractivity contribution in [3.05, 3.63) is 22.6 Å². The molecule has 0 fully saturated rings. The highest BCUT2D eigenvalue weighted by molar-refractivity contribution is 9.10. The molecule has 0 aliphatic heterocycles. The van der Waals surface area contributed by atoms with Crippen LogP contribution in [0.2, 0.25) is 0 Å². The van der Waals surface area contributed by atoms with Gasteiger partial charge >= 0.3 is 0 Å². The monoisotopic (exact) mass is 277 g/mol. The summed E-state index contributed by atoms with van der Waals surface area (Å²) < 4.78 is 18.9. The van der Waals surface area contributed by atoms with E-state index in [0.29, 0.717) is 10.9 Å². The van der Waals surface area contributed by atoms with Crippen molar-refractivity contribution in [3.8, 4) is 5.88 Å². The van der Waals surface area contributed by atoms with E-state index in [9.17, 15) is 9.50 Å². The van der Waals surface area contributed by atoms with Gasteiger partial charge in [0.1, 0.15) is 0 Å². The normalized spacial score (nSPS) is 11.5. The van der Waals surface area contributed by atoms with Gasteiger partial charge in [-0.05, 0) is 35.8 Å². The fraction of sp³-hybridized carbons (Fsp3) is 0.500. The van der Waals surface area contributed by atoms with Gasteiger partial charge in [0.15, 0.2) is 5.82 Å². The number of aromatic nitrogens is 1. The highest BCUT2D eigenvalue weighted by atomic mass is 79.9. The van der Waals surface area contributed by atoms with Crippen molar-refractivity contribution in [1.29, 1.82) is 0 Å². The predicted octanol–water partition coefficient (Wildman–Crippen LogP) is 2.52. The fourth-order valence-electron chi connectivity index (χ4n) is 0.906. The van der Waals surface area contributed by atoms with Crippen molar-refractivity contribution < 1.29 is 14.2 Å². The van der Waals surface area contributed by atoms with Crippen LogP contribution in [0.4, 0.5) is 4.39 Å². The summed E-state index contributed by atoms with van der Waals surface area (Å²) in [5.41, 5.74) is -0.814. The molecule has 0 aliphatic carbocycles. The zero-order chi connectivity index (χ0) is 11.5. The van der Waals surface area contributed by atoms with E-state index in [1.165, 1.54) is 12.3 Å². The second kappa shape index (κ2) is 4.90. The molecule has 84 valence electrons. The minimum absolute atomic E-state index is 0.0394. The smallest absolute Gasteiger partial charge is 0.250 e. The first-order chi connectivity index (χ1) is 6.88. The first-order valence-electron chi connectivity index (χ1n) is 4.55. The molecular weight excluding hydrogens is 265 g/mol. The Morgan fingerprint density at radius 1 is 1.60 bits per heavy atom. The largest absolute Gasteiger partial charge is 0.475 e. The van der Waals surface area contributed by atoms with Crippen molar-refractivity contribution in [2.75, 3.05) is 6.61 Å². The zero-order valence-electron chi connectivity index (χ0n) is 8.63. The number of ether oxygens (including phenoxy) is 1. The van der Waals surface area contributed by atoms with Gasteiger partial charge in [-0.1, -0.05) is 0 Å². The van der Waals surface area contributed by atoms with Gasteiger partial charge in [-0.15, -0.1) is 0 Å². The lowest BCUT2D eigenvalue weighted by Gasteiger charge is -2.16. The molecule has 1 aromatic rings. The van der Waals surface area contributed by atoms with E-state index < -0.39 is 11.4 Å². The standard InChI is InChI=1S/C10H13BrFNO2/c1-10(2,14)3-4-15-9-8(12)5-7(11)6-13-9/h5-6,14H,3-4H2,1-2H3. The van der Waals surface area contributed by atoms with E-state index >= 15 is 0 Å². The number of halogens is 2. The fourth-order valence-corrected chi connectivity index (χ4v) is 1.21. The average molecular weight is 278 g/mol. The molecule has 1 aromatic heterocycles. The van der Waals surface area contributed by atoms with Crippen LogP contribution in [0.5, 0.6) is 5.88 Å². The van der Waals surface area contributed by atoms with Gasteiger partial charge < -0.3 is 9.84 Å². The minimum Gasteiger partial charge on any atom is -0.475 e. The third-order valence-electron chi connectivity index (χ3n) is 1.73. The van der Waals surface area contributed by atoms with E-state index in [2.05, 4.69) is 20.9 Å². The predicted molar refractivity (Wildman–Crippen MR) is 58.3 cm³/mol. The van der Waals surface area contributed by atoms with Gasteiger partial charge in [0.25, 0.3) is 0 Å². The number of aliphatic hydroxyl groups is 1. The Balaban J connectivity index is 2.51. The Morgan fingerprint density at radius 3 is 2.80 bits per heavy atom. The Bertz CT molecular complexity index is 339. The van der Waals surface area contributed by atoms with Crippen molar-refractivity contribution >= 4 is 15.9 Å². The van der Waals surface area contributed by atoms with Crippen LogP contribution in [0.1, 0.15) is 20.3 Å². The molecule has 3 nitrogen and oxygen atoms in total. The molecule has 0 spiro atoms. The van der Waals surface area contributed by atoms with Gasteiger partial charge in [0, 0.05) is 17.1 Å². The molecule has 0 aliphatic rings. The molecule has 15 heavy (non-hydrogen) atoms. The van der Waals surface area contributed by atoms with Crippen LogP contribution in [0, 0.1) is 5.82 Å². The minimum atomic E-state index is -0.814. The highest BCUT2D eigenvalue weighted by Crippen LogP contribution is 2.18. The van der Waals surface area contributed by atoms with Gasteiger partial charge in [0.2, 0.25) is 5.88 Å². The molecule has 0 amide bonds. The van der Waals surface area contributed by atoms with Crippen LogP contribution < -0.4 is 4.74 Å². The molecular formula is C10H13BrFNO2. The molecule has 0 saturated carbocycles. The number of hydrogen-bond acceptors (Lipinski definition) is 3. The third kappa shape index (κ3) is 4.57. The summed E-state index contributed by atoms with van der Waals surface area (Å²) in [6.07, 6.45) is 1.88. The van der Waals surface area contributed by atoms with Crippen LogP contribution in [0.25, 0.3) is 0 Å². The summed E-state index contributed by atoms with van der Waals surface area (Å²) in [5.74, 6) is -0.553. The first kappa shape index (κ1) is 12.4. The van der Waals surface area contributed by atoms with E-state index in [1.807, 2.05) is 0 Å². The first-order valence-corrected chi connectivity index (χ1v) is 5.34. The molecule has 0 atom stereocenters. The van der Waals surface area contributed by atoms with Gasteiger partial charge in [-0.3, -0.25) is 0 Å². The molecule has 0 saturated heterocycles. The molecule has 0 bridgehead atoms. The number of hydrogen-bond donors (Lipinski definition) is 1. The van der Waals surface area contributed by atoms with Gasteiger partial charge in [-0.2, -0.15) is 0 Å². The van der Waals surface area contributed by atoms with Gasteiger partial charge in [-0.25, -0.2) is 9.37 Å². The van der Waals surface area contributed by atoms with Crippen LogP contribution in [0.3, 0.4) is 0 Å². The topological polar surface area (TPSA) is 42.4 Å².